The number of esters is 1. The van der Waals surface area contributed by atoms with Crippen LogP contribution in [0, 0.1) is 0 Å². The number of hydrogen-bond acceptors (Lipinski definition) is 4. The van der Waals surface area contributed by atoms with E-state index in [1.54, 1.807) is 19.2 Å². The number of benzene rings is 2. The highest BCUT2D eigenvalue weighted by molar-refractivity contribution is 5.71. The number of carbonyl (C=O) groups is 1. The molecule has 2 aromatic carbocycles. The Bertz CT molecular complexity index is 534. The molecule has 0 bridgehead atoms. The number of ether oxygens (including phenoxy) is 3. The Balaban J connectivity index is 1.74. The zero-order chi connectivity index (χ0) is 14.2. The van der Waals surface area contributed by atoms with Crippen molar-refractivity contribution in [3.05, 3.63) is 60.2 Å². The lowest BCUT2D eigenvalue weighted by molar-refractivity contribution is -0.147. The Morgan fingerprint density at radius 2 is 1.65 bits per heavy atom. The van der Waals surface area contributed by atoms with Crippen molar-refractivity contribution in [2.75, 3.05) is 13.7 Å². The van der Waals surface area contributed by atoms with Crippen LogP contribution in [-0.4, -0.2) is 19.7 Å². The number of para-hydroxylation sites is 1. The van der Waals surface area contributed by atoms with Gasteiger partial charge < -0.3 is 14.2 Å². The highest BCUT2D eigenvalue weighted by Crippen LogP contribution is 2.12. The minimum Gasteiger partial charge on any atom is -0.497 e. The lowest BCUT2D eigenvalue weighted by atomic mass is 10.2. The highest BCUT2D eigenvalue weighted by Gasteiger charge is 2.04. The van der Waals surface area contributed by atoms with E-state index in [4.69, 9.17) is 14.2 Å². The molecule has 2 aromatic rings. The summed E-state index contributed by atoms with van der Waals surface area (Å²) >= 11 is 0. The van der Waals surface area contributed by atoms with E-state index in [1.807, 2.05) is 42.5 Å². The third-order valence-electron chi connectivity index (χ3n) is 2.66. The second-order valence-corrected chi connectivity index (χ2v) is 4.11. The molecule has 0 atom stereocenters. The molecule has 4 nitrogen and oxygen atoms in total. The molecular weight excluding hydrogens is 256 g/mol. The first-order valence-electron chi connectivity index (χ1n) is 6.24. The molecule has 0 unspecified atom stereocenters. The lowest BCUT2D eigenvalue weighted by Gasteiger charge is -2.07. The fourth-order valence-electron chi connectivity index (χ4n) is 1.59. The van der Waals surface area contributed by atoms with Crippen LogP contribution in [0.1, 0.15) is 5.56 Å². The maximum Gasteiger partial charge on any atom is 0.344 e. The summed E-state index contributed by atoms with van der Waals surface area (Å²) in [5.74, 6) is 1.02. The van der Waals surface area contributed by atoms with E-state index in [-0.39, 0.29) is 13.2 Å². The summed E-state index contributed by atoms with van der Waals surface area (Å²) in [5, 5.41) is 0. The van der Waals surface area contributed by atoms with Gasteiger partial charge in [0.05, 0.1) is 7.11 Å². The van der Waals surface area contributed by atoms with Gasteiger partial charge in [-0.1, -0.05) is 30.3 Å². The van der Waals surface area contributed by atoms with Crippen molar-refractivity contribution in [3.63, 3.8) is 0 Å². The van der Waals surface area contributed by atoms with Gasteiger partial charge in [-0.15, -0.1) is 0 Å². The van der Waals surface area contributed by atoms with Crippen LogP contribution in [0.3, 0.4) is 0 Å². The van der Waals surface area contributed by atoms with E-state index in [9.17, 15) is 4.79 Å². The molecule has 4 heteroatoms. The van der Waals surface area contributed by atoms with Gasteiger partial charge in [0, 0.05) is 0 Å². The molecule has 0 aliphatic heterocycles. The Labute approximate surface area is 117 Å². The van der Waals surface area contributed by atoms with Crippen molar-refractivity contribution in [1.82, 2.24) is 0 Å². The lowest BCUT2D eigenvalue weighted by Crippen LogP contribution is -2.14. The second kappa shape index (κ2) is 7.19. The van der Waals surface area contributed by atoms with E-state index in [0.717, 1.165) is 11.3 Å². The molecule has 0 aliphatic rings. The first kappa shape index (κ1) is 13.9. The maximum absolute atomic E-state index is 11.5. The number of rotatable bonds is 6. The van der Waals surface area contributed by atoms with Gasteiger partial charge in [-0.05, 0) is 29.8 Å². The number of carbonyl (C=O) groups excluding carboxylic acids is 1. The Kier molecular flexibility index (Phi) is 5.00. The summed E-state index contributed by atoms with van der Waals surface area (Å²) in [6, 6.07) is 16.5. The van der Waals surface area contributed by atoms with Crippen LogP contribution in [0.4, 0.5) is 0 Å². The summed E-state index contributed by atoms with van der Waals surface area (Å²) in [5.41, 5.74) is 0.902. The van der Waals surface area contributed by atoms with Crippen LogP contribution in [0.15, 0.2) is 54.6 Å². The number of methoxy groups -OCH3 is 1. The van der Waals surface area contributed by atoms with Gasteiger partial charge in [0.15, 0.2) is 6.61 Å². The van der Waals surface area contributed by atoms with Gasteiger partial charge in [-0.25, -0.2) is 4.79 Å². The van der Waals surface area contributed by atoms with Gasteiger partial charge in [0.25, 0.3) is 0 Å². The first-order valence-corrected chi connectivity index (χ1v) is 6.24. The summed E-state index contributed by atoms with van der Waals surface area (Å²) < 4.78 is 15.5. The molecule has 0 heterocycles. The van der Waals surface area contributed by atoms with Gasteiger partial charge in [-0.3, -0.25) is 0 Å². The van der Waals surface area contributed by atoms with Crippen LogP contribution in [0.25, 0.3) is 0 Å². The average Bonchev–Trinajstić information content (AvgIpc) is 2.52. The van der Waals surface area contributed by atoms with E-state index >= 15 is 0 Å². The van der Waals surface area contributed by atoms with E-state index < -0.39 is 5.97 Å². The minimum atomic E-state index is -0.398. The first-order chi connectivity index (χ1) is 9.78. The predicted molar refractivity (Wildman–Crippen MR) is 74.7 cm³/mol. The summed E-state index contributed by atoms with van der Waals surface area (Å²) in [6.45, 7) is 0.126. The van der Waals surface area contributed by atoms with Crippen LogP contribution in [-0.2, 0) is 16.1 Å². The quantitative estimate of drug-likeness (QED) is 0.758. The van der Waals surface area contributed by atoms with Gasteiger partial charge >= 0.3 is 5.97 Å². The molecule has 0 saturated heterocycles. The normalized spacial score (nSPS) is 9.85. The summed E-state index contributed by atoms with van der Waals surface area (Å²) in [4.78, 5) is 11.5. The zero-order valence-corrected chi connectivity index (χ0v) is 11.2. The largest absolute Gasteiger partial charge is 0.497 e. The predicted octanol–water partition coefficient (Wildman–Crippen LogP) is 2.82. The molecule has 104 valence electrons. The second-order valence-electron chi connectivity index (χ2n) is 4.11. The van der Waals surface area contributed by atoms with Gasteiger partial charge in [0.1, 0.15) is 18.1 Å². The van der Waals surface area contributed by atoms with Crippen molar-refractivity contribution in [2.24, 2.45) is 0 Å². The third kappa shape index (κ3) is 4.31. The van der Waals surface area contributed by atoms with Crippen LogP contribution in [0.2, 0.25) is 0 Å². The van der Waals surface area contributed by atoms with Crippen molar-refractivity contribution in [1.29, 1.82) is 0 Å². The zero-order valence-electron chi connectivity index (χ0n) is 11.2. The maximum atomic E-state index is 11.5. The Morgan fingerprint density at radius 1 is 0.950 bits per heavy atom. The molecule has 0 aliphatic carbocycles. The molecule has 2 rings (SSSR count). The highest BCUT2D eigenvalue weighted by atomic mass is 16.6. The summed E-state index contributed by atoms with van der Waals surface area (Å²) in [7, 11) is 1.61. The minimum absolute atomic E-state index is 0.0971. The monoisotopic (exact) mass is 272 g/mol. The fourth-order valence-corrected chi connectivity index (χ4v) is 1.59. The molecule has 0 N–H and O–H groups in total. The SMILES string of the molecule is COc1ccc(COC(=O)COc2ccccc2)cc1. The molecule has 0 amide bonds. The van der Waals surface area contributed by atoms with Crippen molar-refractivity contribution < 1.29 is 19.0 Å². The number of hydrogen-bond donors (Lipinski definition) is 0. The Morgan fingerprint density at radius 3 is 2.30 bits per heavy atom. The molecule has 0 fully saturated rings. The average molecular weight is 272 g/mol. The molecule has 0 radical (unpaired) electrons. The summed E-state index contributed by atoms with van der Waals surface area (Å²) in [6.07, 6.45) is 0. The standard InChI is InChI=1S/C16H16O4/c1-18-14-9-7-13(8-10-14)11-20-16(17)12-19-15-5-3-2-4-6-15/h2-10H,11-12H2,1H3. The van der Waals surface area contributed by atoms with E-state index in [1.165, 1.54) is 0 Å². The van der Waals surface area contributed by atoms with Crippen LogP contribution in [0.5, 0.6) is 11.5 Å². The van der Waals surface area contributed by atoms with E-state index in [0.29, 0.717) is 5.75 Å². The molecule has 0 saturated carbocycles. The van der Waals surface area contributed by atoms with Crippen LogP contribution < -0.4 is 9.47 Å². The van der Waals surface area contributed by atoms with Gasteiger partial charge in [-0.2, -0.15) is 0 Å². The molecule has 20 heavy (non-hydrogen) atoms. The van der Waals surface area contributed by atoms with Crippen molar-refractivity contribution in [3.8, 4) is 11.5 Å². The fraction of sp³-hybridized carbons (Fsp3) is 0.188. The van der Waals surface area contributed by atoms with Crippen molar-refractivity contribution >= 4 is 5.97 Å². The Hall–Kier alpha value is -2.49. The third-order valence-corrected chi connectivity index (χ3v) is 2.66. The van der Waals surface area contributed by atoms with Gasteiger partial charge in [0.2, 0.25) is 0 Å². The molecule has 0 aromatic heterocycles. The smallest absolute Gasteiger partial charge is 0.344 e. The topological polar surface area (TPSA) is 44.8 Å². The van der Waals surface area contributed by atoms with E-state index in [2.05, 4.69) is 0 Å². The van der Waals surface area contributed by atoms with Crippen molar-refractivity contribution in [2.45, 2.75) is 6.61 Å². The van der Waals surface area contributed by atoms with Crippen LogP contribution >= 0.6 is 0 Å². The molecular formula is C16H16O4. The molecule has 0 spiro atoms.